The van der Waals surface area contributed by atoms with Crippen molar-refractivity contribution >= 4 is 11.4 Å². The second kappa shape index (κ2) is 18.0. The number of hydrogen-bond acceptors (Lipinski definition) is 4. The van der Waals surface area contributed by atoms with Crippen molar-refractivity contribution in [3.63, 3.8) is 0 Å². The molecule has 4 N–H and O–H groups in total. The Hall–Kier alpha value is -2.36. The maximum absolute atomic E-state index is 5.95. The first-order chi connectivity index (χ1) is 16.7. The lowest BCUT2D eigenvalue weighted by atomic mass is 10.0. The van der Waals surface area contributed by atoms with E-state index >= 15 is 0 Å². The van der Waals surface area contributed by atoms with Gasteiger partial charge in [0.05, 0.1) is 12.3 Å². The molecule has 0 saturated carbocycles. The highest BCUT2D eigenvalue weighted by atomic mass is 16.5. The maximum Gasteiger partial charge on any atom is 0.150 e. The summed E-state index contributed by atoms with van der Waals surface area (Å²) in [6.45, 7) is 3.05. The Bertz CT molecular complexity index is 761. The molecule has 0 spiro atoms. The smallest absolute Gasteiger partial charge is 0.150 e. The van der Waals surface area contributed by atoms with Crippen molar-refractivity contribution in [3.05, 3.63) is 42.5 Å². The third kappa shape index (κ3) is 12.8. The minimum Gasteiger partial charge on any atom is -0.494 e. The van der Waals surface area contributed by atoms with Crippen LogP contribution in [0.3, 0.4) is 0 Å². The van der Waals surface area contributed by atoms with Gasteiger partial charge in [0.2, 0.25) is 0 Å². The molecule has 2 aromatic rings. The number of anilines is 2. The Balaban J connectivity index is 1.40. The Morgan fingerprint density at radius 1 is 0.559 bits per heavy atom. The second-order valence-corrected chi connectivity index (χ2v) is 9.52. The van der Waals surface area contributed by atoms with Gasteiger partial charge >= 0.3 is 0 Å². The van der Waals surface area contributed by atoms with Gasteiger partial charge in [0, 0.05) is 5.69 Å². The lowest BCUT2D eigenvalue weighted by Gasteiger charge is -2.10. The molecule has 2 aromatic carbocycles. The van der Waals surface area contributed by atoms with Gasteiger partial charge in [0.15, 0.2) is 0 Å². The average molecular weight is 469 g/mol. The number of rotatable bonds is 20. The number of unbranched alkanes of at least 4 members (excludes halogenated alkanes) is 15. The Morgan fingerprint density at radius 2 is 1.03 bits per heavy atom. The van der Waals surface area contributed by atoms with Crippen LogP contribution in [0.25, 0.3) is 0 Å². The van der Waals surface area contributed by atoms with E-state index in [1.54, 1.807) is 18.2 Å². The van der Waals surface area contributed by atoms with E-state index in [1.807, 2.05) is 24.3 Å². The van der Waals surface area contributed by atoms with Crippen LogP contribution in [0, 0.1) is 0 Å². The molecule has 0 fully saturated rings. The number of nitrogen functional groups attached to an aromatic ring is 2. The van der Waals surface area contributed by atoms with Gasteiger partial charge in [0.25, 0.3) is 0 Å². The summed E-state index contributed by atoms with van der Waals surface area (Å²) in [4.78, 5) is 0. The highest BCUT2D eigenvalue weighted by molar-refractivity contribution is 5.61. The first-order valence-corrected chi connectivity index (χ1v) is 13.7. The van der Waals surface area contributed by atoms with Gasteiger partial charge in [-0.25, -0.2) is 0 Å². The quantitative estimate of drug-likeness (QED) is 0.150. The molecule has 0 saturated heterocycles. The molecule has 0 aliphatic rings. The van der Waals surface area contributed by atoms with E-state index in [2.05, 4.69) is 6.92 Å². The summed E-state index contributed by atoms with van der Waals surface area (Å²) >= 11 is 0. The third-order valence-electron chi connectivity index (χ3n) is 6.35. The lowest BCUT2D eigenvalue weighted by Crippen LogP contribution is -1.97. The highest BCUT2D eigenvalue weighted by Gasteiger charge is 2.03. The Labute approximate surface area is 208 Å². The van der Waals surface area contributed by atoms with E-state index < -0.39 is 0 Å². The number of benzene rings is 2. The predicted molar refractivity (Wildman–Crippen MR) is 147 cm³/mol. The first-order valence-electron chi connectivity index (χ1n) is 13.7. The van der Waals surface area contributed by atoms with Crippen LogP contribution in [0.4, 0.5) is 11.4 Å². The molecule has 0 aliphatic heterocycles. The van der Waals surface area contributed by atoms with Crippen LogP contribution >= 0.6 is 0 Å². The maximum atomic E-state index is 5.95. The zero-order valence-corrected chi connectivity index (χ0v) is 21.5. The molecule has 4 heteroatoms. The van der Waals surface area contributed by atoms with E-state index in [9.17, 15) is 0 Å². The second-order valence-electron chi connectivity index (χ2n) is 9.52. The van der Waals surface area contributed by atoms with Gasteiger partial charge in [-0.05, 0) is 48.9 Å². The Morgan fingerprint density at radius 3 is 1.53 bits per heavy atom. The summed E-state index contributed by atoms with van der Waals surface area (Å²) in [6.07, 6.45) is 22.1. The van der Waals surface area contributed by atoms with Crippen LogP contribution in [-0.2, 0) is 0 Å². The van der Waals surface area contributed by atoms with E-state index in [4.69, 9.17) is 20.9 Å². The SMILES string of the molecule is CCCCCCCCCCCCCCCCCCOc1ccc(Oc2ccc(N)cc2N)cc1. The highest BCUT2D eigenvalue weighted by Crippen LogP contribution is 2.30. The van der Waals surface area contributed by atoms with Gasteiger partial charge in [-0.15, -0.1) is 0 Å². The van der Waals surface area contributed by atoms with E-state index in [0.29, 0.717) is 17.1 Å². The molecular formula is C30H48N2O2. The monoisotopic (exact) mass is 468 g/mol. The van der Waals surface area contributed by atoms with Gasteiger partial charge in [-0.2, -0.15) is 0 Å². The summed E-state index contributed by atoms with van der Waals surface area (Å²) in [5.41, 5.74) is 12.8. The average Bonchev–Trinajstić information content (AvgIpc) is 2.84. The van der Waals surface area contributed by atoms with Crippen molar-refractivity contribution in [1.29, 1.82) is 0 Å². The molecule has 0 bridgehead atoms. The third-order valence-corrected chi connectivity index (χ3v) is 6.35. The zero-order chi connectivity index (χ0) is 24.3. The topological polar surface area (TPSA) is 70.5 Å². The molecule has 0 unspecified atom stereocenters. The standard InChI is InChI=1S/C30H48N2O2/c1-2-3-4-5-6-7-8-9-10-11-12-13-14-15-16-17-24-33-27-19-21-28(22-20-27)34-30-23-18-26(31)25-29(30)32/h18-23,25H,2-17,24,31-32H2,1H3. The fourth-order valence-corrected chi connectivity index (χ4v) is 4.23. The number of hydrogen-bond donors (Lipinski definition) is 2. The van der Waals surface area contributed by atoms with E-state index in [-0.39, 0.29) is 0 Å². The molecule has 0 atom stereocenters. The number of ether oxygens (including phenoxy) is 2. The summed E-state index contributed by atoms with van der Waals surface area (Å²) in [5, 5.41) is 0. The van der Waals surface area contributed by atoms with Crippen molar-refractivity contribution in [3.8, 4) is 17.2 Å². The van der Waals surface area contributed by atoms with E-state index in [1.165, 1.54) is 96.3 Å². The minimum atomic E-state index is 0.531. The molecule has 4 nitrogen and oxygen atoms in total. The molecule has 0 aromatic heterocycles. The zero-order valence-electron chi connectivity index (χ0n) is 21.5. The van der Waals surface area contributed by atoms with Crippen LogP contribution in [0.1, 0.15) is 110 Å². The van der Waals surface area contributed by atoms with Crippen LogP contribution in [0.2, 0.25) is 0 Å². The summed E-state index contributed by atoms with van der Waals surface area (Å²) < 4.78 is 11.7. The van der Waals surface area contributed by atoms with Crippen molar-refractivity contribution in [2.45, 2.75) is 110 Å². The molecule has 0 aliphatic carbocycles. The van der Waals surface area contributed by atoms with Crippen molar-refractivity contribution in [1.82, 2.24) is 0 Å². The normalized spacial score (nSPS) is 11.0. The molecular weight excluding hydrogens is 420 g/mol. The molecule has 190 valence electrons. The van der Waals surface area contributed by atoms with Crippen LogP contribution in [0.15, 0.2) is 42.5 Å². The van der Waals surface area contributed by atoms with Crippen LogP contribution in [-0.4, -0.2) is 6.61 Å². The fourth-order valence-electron chi connectivity index (χ4n) is 4.23. The van der Waals surface area contributed by atoms with Gasteiger partial charge in [-0.3, -0.25) is 0 Å². The molecule has 0 amide bonds. The van der Waals surface area contributed by atoms with Crippen molar-refractivity contribution < 1.29 is 9.47 Å². The molecule has 2 rings (SSSR count). The molecule has 0 heterocycles. The van der Waals surface area contributed by atoms with Crippen molar-refractivity contribution in [2.75, 3.05) is 18.1 Å². The fraction of sp³-hybridized carbons (Fsp3) is 0.600. The largest absolute Gasteiger partial charge is 0.494 e. The predicted octanol–water partition coefficient (Wildman–Crippen LogP) is 9.28. The Kier molecular flexibility index (Phi) is 14.8. The first kappa shape index (κ1) is 27.9. The van der Waals surface area contributed by atoms with Gasteiger partial charge in [-0.1, -0.05) is 103 Å². The van der Waals surface area contributed by atoms with Crippen LogP contribution in [0.5, 0.6) is 17.2 Å². The summed E-state index contributed by atoms with van der Waals surface area (Å²) in [5.74, 6) is 2.21. The summed E-state index contributed by atoms with van der Waals surface area (Å²) in [6, 6.07) is 12.9. The minimum absolute atomic E-state index is 0.531. The molecule has 0 radical (unpaired) electrons. The van der Waals surface area contributed by atoms with Gasteiger partial charge < -0.3 is 20.9 Å². The van der Waals surface area contributed by atoms with E-state index in [0.717, 1.165) is 24.5 Å². The van der Waals surface area contributed by atoms with Gasteiger partial charge in [0.1, 0.15) is 17.2 Å². The van der Waals surface area contributed by atoms with Crippen molar-refractivity contribution in [2.24, 2.45) is 0 Å². The summed E-state index contributed by atoms with van der Waals surface area (Å²) in [7, 11) is 0. The van der Waals surface area contributed by atoms with Crippen LogP contribution < -0.4 is 20.9 Å². The molecule has 34 heavy (non-hydrogen) atoms. The number of nitrogens with two attached hydrogens (primary N) is 2. The lowest BCUT2D eigenvalue weighted by molar-refractivity contribution is 0.304.